The Morgan fingerprint density at radius 2 is 1.40 bits per heavy atom. The van der Waals surface area contributed by atoms with Crippen molar-refractivity contribution in [3.05, 3.63) is 59.7 Å². The number of ether oxygens (including phenoxy) is 2. The molecule has 0 aliphatic rings. The maximum Gasteiger partial charge on any atom is 0.118 e. The third-order valence-corrected chi connectivity index (χ3v) is 3.34. The zero-order valence-corrected chi connectivity index (χ0v) is 12.4. The lowest BCUT2D eigenvalue weighted by molar-refractivity contribution is 0.414. The summed E-state index contributed by atoms with van der Waals surface area (Å²) in [7, 11) is 3.31. The second-order valence-electron chi connectivity index (χ2n) is 4.26. The first kappa shape index (κ1) is 14.3. The topological polar surface area (TPSA) is 30.5 Å². The average Bonchev–Trinajstić information content (AvgIpc) is 2.53. The van der Waals surface area contributed by atoms with Crippen molar-refractivity contribution in [2.24, 2.45) is 0 Å². The molecule has 0 aliphatic heterocycles. The second-order valence-corrected chi connectivity index (χ2v) is 4.67. The van der Waals surface area contributed by atoms with Gasteiger partial charge in [-0.05, 0) is 42.0 Å². The molecule has 0 saturated heterocycles. The molecule has 2 aromatic rings. The predicted molar refractivity (Wildman–Crippen MR) is 84.5 cm³/mol. The minimum Gasteiger partial charge on any atom is -0.497 e. The molecule has 0 unspecified atom stereocenters. The normalized spacial score (nSPS) is 9.90. The average molecular weight is 287 g/mol. The first-order chi connectivity index (χ1) is 9.72. The largest absolute Gasteiger partial charge is 0.497 e. The fraction of sp³-hybridized carbons (Fsp3) is 0.188. The molecule has 0 saturated carbocycles. The predicted octanol–water partition coefficient (Wildman–Crippen LogP) is 3.17. The van der Waals surface area contributed by atoms with Gasteiger partial charge >= 0.3 is 0 Å². The van der Waals surface area contributed by atoms with Crippen LogP contribution < -0.4 is 14.8 Å². The smallest absolute Gasteiger partial charge is 0.118 e. The minimum absolute atomic E-state index is 0.689. The highest BCUT2D eigenvalue weighted by Gasteiger charge is 2.01. The molecular weight excluding hydrogens is 270 g/mol. The van der Waals surface area contributed by atoms with Crippen LogP contribution in [0.15, 0.2) is 48.5 Å². The van der Waals surface area contributed by atoms with E-state index in [1.54, 1.807) is 14.2 Å². The van der Waals surface area contributed by atoms with Gasteiger partial charge < -0.3 is 14.8 Å². The van der Waals surface area contributed by atoms with E-state index in [4.69, 9.17) is 21.7 Å². The number of methoxy groups -OCH3 is 2. The molecular formula is C16H17NO2S. The number of benzene rings is 2. The van der Waals surface area contributed by atoms with Crippen LogP contribution >= 0.6 is 12.2 Å². The van der Waals surface area contributed by atoms with Crippen LogP contribution in [-0.4, -0.2) is 19.2 Å². The Labute approximate surface area is 124 Å². The van der Waals surface area contributed by atoms with Gasteiger partial charge in [0, 0.05) is 12.1 Å². The van der Waals surface area contributed by atoms with Crippen molar-refractivity contribution in [3.63, 3.8) is 0 Å². The van der Waals surface area contributed by atoms with E-state index in [-0.39, 0.29) is 0 Å². The Morgan fingerprint density at radius 3 is 1.90 bits per heavy atom. The van der Waals surface area contributed by atoms with Crippen LogP contribution in [0.3, 0.4) is 0 Å². The summed E-state index contributed by atoms with van der Waals surface area (Å²) in [5.41, 5.74) is 2.14. The van der Waals surface area contributed by atoms with E-state index < -0.39 is 0 Å². The zero-order chi connectivity index (χ0) is 14.4. The molecule has 0 amide bonds. The standard InChI is InChI=1S/C16H17NO2S/c1-18-14-7-3-12(4-8-14)11-17-16(20)13-5-9-15(19-2)10-6-13/h3-10H,11H2,1-2H3,(H,17,20). The third kappa shape index (κ3) is 3.71. The maximum atomic E-state index is 5.37. The van der Waals surface area contributed by atoms with Gasteiger partial charge in [-0.15, -0.1) is 0 Å². The molecule has 20 heavy (non-hydrogen) atoms. The lowest BCUT2D eigenvalue weighted by Crippen LogP contribution is -2.21. The van der Waals surface area contributed by atoms with Crippen LogP contribution in [0.5, 0.6) is 11.5 Å². The Morgan fingerprint density at radius 1 is 0.900 bits per heavy atom. The van der Waals surface area contributed by atoms with Crippen molar-refractivity contribution in [3.8, 4) is 11.5 Å². The molecule has 0 radical (unpaired) electrons. The highest BCUT2D eigenvalue weighted by molar-refractivity contribution is 7.80. The molecule has 2 aromatic carbocycles. The van der Waals surface area contributed by atoms with E-state index in [1.165, 1.54) is 0 Å². The van der Waals surface area contributed by atoms with Crippen LogP contribution in [0, 0.1) is 0 Å². The van der Waals surface area contributed by atoms with E-state index in [0.29, 0.717) is 6.54 Å². The van der Waals surface area contributed by atoms with Gasteiger partial charge in [0.15, 0.2) is 0 Å². The van der Waals surface area contributed by atoms with Crippen LogP contribution in [0.1, 0.15) is 11.1 Å². The number of nitrogens with one attached hydrogen (secondary N) is 1. The Hall–Kier alpha value is -2.07. The maximum absolute atomic E-state index is 5.37. The molecule has 0 bridgehead atoms. The summed E-state index contributed by atoms with van der Waals surface area (Å²) >= 11 is 5.37. The van der Waals surface area contributed by atoms with E-state index in [1.807, 2.05) is 48.5 Å². The van der Waals surface area contributed by atoms with Crippen LogP contribution in [-0.2, 0) is 6.54 Å². The van der Waals surface area contributed by atoms with E-state index in [9.17, 15) is 0 Å². The summed E-state index contributed by atoms with van der Waals surface area (Å²) in [5, 5.41) is 3.24. The van der Waals surface area contributed by atoms with Gasteiger partial charge in [-0.25, -0.2) is 0 Å². The molecule has 2 rings (SSSR count). The lowest BCUT2D eigenvalue weighted by atomic mass is 10.2. The van der Waals surface area contributed by atoms with Crippen molar-refractivity contribution in [1.29, 1.82) is 0 Å². The molecule has 0 aromatic heterocycles. The minimum atomic E-state index is 0.689. The van der Waals surface area contributed by atoms with Crippen molar-refractivity contribution in [2.75, 3.05) is 14.2 Å². The summed E-state index contributed by atoms with van der Waals surface area (Å²) < 4.78 is 10.3. The molecule has 0 fully saturated rings. The van der Waals surface area contributed by atoms with Gasteiger partial charge in [0.25, 0.3) is 0 Å². The van der Waals surface area contributed by atoms with Crippen LogP contribution in [0.4, 0.5) is 0 Å². The number of thiocarbonyl (C=S) groups is 1. The lowest BCUT2D eigenvalue weighted by Gasteiger charge is -2.09. The molecule has 0 atom stereocenters. The van der Waals surface area contributed by atoms with Crippen LogP contribution in [0.2, 0.25) is 0 Å². The highest BCUT2D eigenvalue weighted by Crippen LogP contribution is 2.13. The van der Waals surface area contributed by atoms with Crippen molar-refractivity contribution < 1.29 is 9.47 Å². The molecule has 4 heteroatoms. The molecule has 104 valence electrons. The van der Waals surface area contributed by atoms with Gasteiger partial charge in [0.05, 0.1) is 14.2 Å². The Bertz CT molecular complexity index is 564. The number of rotatable bonds is 5. The third-order valence-electron chi connectivity index (χ3n) is 2.96. The Balaban J connectivity index is 1.93. The highest BCUT2D eigenvalue weighted by atomic mass is 32.1. The van der Waals surface area contributed by atoms with Crippen LogP contribution in [0.25, 0.3) is 0 Å². The monoisotopic (exact) mass is 287 g/mol. The van der Waals surface area contributed by atoms with E-state index in [2.05, 4.69) is 5.32 Å². The molecule has 0 heterocycles. The fourth-order valence-electron chi connectivity index (χ4n) is 1.77. The first-order valence-electron chi connectivity index (χ1n) is 6.28. The van der Waals surface area contributed by atoms with E-state index >= 15 is 0 Å². The van der Waals surface area contributed by atoms with Gasteiger partial charge in [0.1, 0.15) is 16.5 Å². The van der Waals surface area contributed by atoms with Gasteiger partial charge in [-0.2, -0.15) is 0 Å². The fourth-order valence-corrected chi connectivity index (χ4v) is 1.98. The van der Waals surface area contributed by atoms with Gasteiger partial charge in [-0.3, -0.25) is 0 Å². The van der Waals surface area contributed by atoms with E-state index in [0.717, 1.165) is 27.6 Å². The molecule has 0 aliphatic carbocycles. The van der Waals surface area contributed by atoms with Gasteiger partial charge in [-0.1, -0.05) is 24.4 Å². The number of hydrogen-bond donors (Lipinski definition) is 1. The molecule has 1 N–H and O–H groups in total. The summed E-state index contributed by atoms with van der Waals surface area (Å²) in [5.74, 6) is 1.68. The first-order valence-corrected chi connectivity index (χ1v) is 6.69. The number of hydrogen-bond acceptors (Lipinski definition) is 3. The molecule has 3 nitrogen and oxygen atoms in total. The SMILES string of the molecule is COc1ccc(CNC(=S)c2ccc(OC)cc2)cc1. The second kappa shape index (κ2) is 6.91. The quantitative estimate of drug-likeness (QED) is 0.856. The Kier molecular flexibility index (Phi) is 4.96. The van der Waals surface area contributed by atoms with Crippen molar-refractivity contribution in [2.45, 2.75) is 6.54 Å². The summed E-state index contributed by atoms with van der Waals surface area (Å²) in [6.07, 6.45) is 0. The summed E-state index contributed by atoms with van der Waals surface area (Å²) in [6, 6.07) is 15.6. The summed E-state index contributed by atoms with van der Waals surface area (Å²) in [4.78, 5) is 0.725. The van der Waals surface area contributed by atoms with Crippen molar-refractivity contribution >= 4 is 17.2 Å². The van der Waals surface area contributed by atoms with Crippen molar-refractivity contribution in [1.82, 2.24) is 5.32 Å². The summed E-state index contributed by atoms with van der Waals surface area (Å²) in [6.45, 7) is 0.689. The molecule has 0 spiro atoms. The van der Waals surface area contributed by atoms with Gasteiger partial charge in [0.2, 0.25) is 0 Å². The zero-order valence-electron chi connectivity index (χ0n) is 11.6.